The van der Waals surface area contributed by atoms with Gasteiger partial charge in [0.05, 0.1) is 5.69 Å². The first kappa shape index (κ1) is 7.58. The zero-order valence-corrected chi connectivity index (χ0v) is 8.02. The molecule has 0 aliphatic carbocycles. The molecule has 0 saturated heterocycles. The monoisotopic (exact) mass is 186 g/mol. The van der Waals surface area contributed by atoms with Gasteiger partial charge in [-0.05, 0) is 12.7 Å². The van der Waals surface area contributed by atoms with Crippen molar-refractivity contribution < 1.29 is 0 Å². The van der Waals surface area contributed by atoms with Crippen LogP contribution in [0.4, 0.5) is 0 Å². The molecule has 0 amide bonds. The molecule has 0 saturated carbocycles. The highest BCUT2D eigenvalue weighted by molar-refractivity contribution is 8.00. The maximum atomic E-state index is 4.49. The van der Waals surface area contributed by atoms with Crippen molar-refractivity contribution in [1.82, 2.24) is 10.3 Å². The van der Waals surface area contributed by atoms with E-state index in [1.165, 1.54) is 14.9 Å². The van der Waals surface area contributed by atoms with Crippen LogP contribution >= 0.6 is 23.1 Å². The Labute approximate surface area is 74.4 Å². The molecule has 1 N–H and O–H groups in total. The highest BCUT2D eigenvalue weighted by Crippen LogP contribution is 2.27. The number of thioether (sulfide) groups is 1. The summed E-state index contributed by atoms with van der Waals surface area (Å²) in [5, 5.41) is 3.31. The van der Waals surface area contributed by atoms with Crippen molar-refractivity contribution in [3.8, 4) is 0 Å². The highest BCUT2D eigenvalue weighted by atomic mass is 32.2. The van der Waals surface area contributed by atoms with Gasteiger partial charge in [0.1, 0.15) is 4.34 Å². The zero-order chi connectivity index (χ0) is 7.68. The van der Waals surface area contributed by atoms with Gasteiger partial charge in [-0.3, -0.25) is 0 Å². The minimum Gasteiger partial charge on any atom is -0.311 e. The van der Waals surface area contributed by atoms with Crippen LogP contribution in [0.5, 0.6) is 0 Å². The van der Waals surface area contributed by atoms with Crippen LogP contribution < -0.4 is 5.32 Å². The molecule has 2 rings (SSSR count). The molecule has 0 atom stereocenters. The normalized spacial score (nSPS) is 16.5. The second kappa shape index (κ2) is 3.13. The summed E-state index contributed by atoms with van der Waals surface area (Å²) in [5.74, 6) is 0. The van der Waals surface area contributed by atoms with Crippen LogP contribution in [0, 0.1) is 0 Å². The summed E-state index contributed by atoms with van der Waals surface area (Å²) < 4.78 is 1.21. The molecular formula is C7H10N2S2. The van der Waals surface area contributed by atoms with Gasteiger partial charge in [0, 0.05) is 18.0 Å². The Kier molecular flexibility index (Phi) is 2.16. The van der Waals surface area contributed by atoms with Crippen molar-refractivity contribution in [2.75, 3.05) is 12.8 Å². The first-order valence-electron chi connectivity index (χ1n) is 3.63. The molecule has 4 heteroatoms. The number of fused-ring (bicyclic) bond motifs is 1. The lowest BCUT2D eigenvalue weighted by molar-refractivity contribution is 0.636. The van der Waals surface area contributed by atoms with Gasteiger partial charge in [0.15, 0.2) is 0 Å². The molecule has 1 aliphatic rings. The minimum atomic E-state index is 0.965. The van der Waals surface area contributed by atoms with E-state index < -0.39 is 0 Å². The number of aromatic nitrogens is 1. The molecule has 2 heterocycles. The average molecular weight is 186 g/mol. The topological polar surface area (TPSA) is 24.9 Å². The first-order valence-corrected chi connectivity index (χ1v) is 5.67. The van der Waals surface area contributed by atoms with Crippen molar-refractivity contribution in [3.63, 3.8) is 0 Å². The van der Waals surface area contributed by atoms with Gasteiger partial charge in [0.2, 0.25) is 0 Å². The molecular weight excluding hydrogens is 176 g/mol. The smallest absolute Gasteiger partial charge is 0.150 e. The zero-order valence-electron chi connectivity index (χ0n) is 6.39. The van der Waals surface area contributed by atoms with E-state index in [1.807, 2.05) is 11.3 Å². The second-order valence-corrected chi connectivity index (χ2v) is 4.62. The van der Waals surface area contributed by atoms with Crippen LogP contribution in [-0.4, -0.2) is 17.8 Å². The van der Waals surface area contributed by atoms with E-state index in [2.05, 4.69) is 16.6 Å². The predicted molar refractivity (Wildman–Crippen MR) is 49.3 cm³/mol. The molecule has 0 spiro atoms. The summed E-state index contributed by atoms with van der Waals surface area (Å²) >= 11 is 3.59. The third kappa shape index (κ3) is 1.43. The van der Waals surface area contributed by atoms with E-state index in [9.17, 15) is 0 Å². The Morgan fingerprint density at radius 2 is 2.55 bits per heavy atom. The average Bonchev–Trinajstić information content (AvgIpc) is 2.46. The van der Waals surface area contributed by atoms with Crippen molar-refractivity contribution in [3.05, 3.63) is 10.6 Å². The summed E-state index contributed by atoms with van der Waals surface area (Å²) in [4.78, 5) is 5.97. The number of hydrogen-bond donors (Lipinski definition) is 1. The molecule has 1 aliphatic heterocycles. The van der Waals surface area contributed by atoms with E-state index in [0.29, 0.717) is 0 Å². The largest absolute Gasteiger partial charge is 0.311 e. The van der Waals surface area contributed by atoms with Gasteiger partial charge in [0.25, 0.3) is 0 Å². The molecule has 2 nitrogen and oxygen atoms in total. The van der Waals surface area contributed by atoms with E-state index >= 15 is 0 Å². The summed E-state index contributed by atoms with van der Waals surface area (Å²) in [6, 6.07) is 0. The van der Waals surface area contributed by atoms with Gasteiger partial charge in [-0.25, -0.2) is 4.98 Å². The van der Waals surface area contributed by atoms with Gasteiger partial charge in [-0.2, -0.15) is 0 Å². The maximum absolute atomic E-state index is 4.49. The SMILES string of the molecule is CSc1nc2c(s1)CCNC2. The lowest BCUT2D eigenvalue weighted by Gasteiger charge is -2.09. The van der Waals surface area contributed by atoms with Crippen LogP contribution in [-0.2, 0) is 13.0 Å². The van der Waals surface area contributed by atoms with Crippen molar-refractivity contribution in [2.24, 2.45) is 0 Å². The van der Waals surface area contributed by atoms with E-state index in [-0.39, 0.29) is 0 Å². The van der Waals surface area contributed by atoms with Crippen molar-refractivity contribution in [1.29, 1.82) is 0 Å². The number of hydrogen-bond acceptors (Lipinski definition) is 4. The number of nitrogens with zero attached hydrogens (tertiary/aromatic N) is 1. The number of nitrogens with one attached hydrogen (secondary N) is 1. The molecule has 1 aromatic rings. The predicted octanol–water partition coefficient (Wildman–Crippen LogP) is 1.51. The van der Waals surface area contributed by atoms with Crippen LogP contribution in [0.1, 0.15) is 10.6 Å². The lowest BCUT2D eigenvalue weighted by atomic mass is 10.2. The summed E-state index contributed by atoms with van der Waals surface area (Å²) in [5.41, 5.74) is 1.27. The summed E-state index contributed by atoms with van der Waals surface area (Å²) in [6.45, 7) is 2.08. The van der Waals surface area contributed by atoms with Crippen molar-refractivity contribution >= 4 is 23.1 Å². The lowest BCUT2D eigenvalue weighted by Crippen LogP contribution is -2.22. The number of thiazole rings is 1. The molecule has 0 unspecified atom stereocenters. The highest BCUT2D eigenvalue weighted by Gasteiger charge is 2.13. The van der Waals surface area contributed by atoms with Crippen molar-refractivity contribution in [2.45, 2.75) is 17.3 Å². The molecule has 1 aromatic heterocycles. The Bertz CT molecular complexity index is 233. The molecule has 11 heavy (non-hydrogen) atoms. The van der Waals surface area contributed by atoms with Gasteiger partial charge >= 0.3 is 0 Å². The van der Waals surface area contributed by atoms with Crippen LogP contribution in [0.3, 0.4) is 0 Å². The molecule has 0 aromatic carbocycles. The Morgan fingerprint density at radius 1 is 1.64 bits per heavy atom. The van der Waals surface area contributed by atoms with Crippen LogP contribution in [0.25, 0.3) is 0 Å². The Hall–Kier alpha value is -0.0600. The standard InChI is InChI=1S/C7H10N2S2/c1-10-7-9-5-4-8-3-2-6(5)11-7/h8H,2-4H2,1H3. The quantitative estimate of drug-likeness (QED) is 0.673. The summed E-state index contributed by atoms with van der Waals surface area (Å²) in [6.07, 6.45) is 3.24. The van der Waals surface area contributed by atoms with Gasteiger partial charge in [-0.15, -0.1) is 11.3 Å². The van der Waals surface area contributed by atoms with Gasteiger partial charge in [-0.1, -0.05) is 11.8 Å². The molecule has 0 fully saturated rings. The second-order valence-electron chi connectivity index (χ2n) is 2.48. The third-order valence-corrected chi connectivity index (χ3v) is 3.90. The Morgan fingerprint density at radius 3 is 3.27 bits per heavy atom. The fourth-order valence-corrected chi connectivity index (χ4v) is 2.83. The van der Waals surface area contributed by atoms with E-state index in [4.69, 9.17) is 0 Å². The summed E-state index contributed by atoms with van der Waals surface area (Å²) in [7, 11) is 0. The minimum absolute atomic E-state index is 0.965. The number of rotatable bonds is 1. The molecule has 0 radical (unpaired) electrons. The Balaban J connectivity index is 2.32. The molecule has 60 valence electrons. The third-order valence-electron chi connectivity index (χ3n) is 1.75. The van der Waals surface area contributed by atoms with Gasteiger partial charge < -0.3 is 5.32 Å². The van der Waals surface area contributed by atoms with E-state index in [0.717, 1.165) is 19.5 Å². The molecule has 0 bridgehead atoms. The van der Waals surface area contributed by atoms with E-state index in [1.54, 1.807) is 11.8 Å². The van der Waals surface area contributed by atoms with Crippen LogP contribution in [0.15, 0.2) is 4.34 Å². The first-order chi connectivity index (χ1) is 5.40. The van der Waals surface area contributed by atoms with Crippen LogP contribution in [0.2, 0.25) is 0 Å². The fourth-order valence-electron chi connectivity index (χ4n) is 1.19. The maximum Gasteiger partial charge on any atom is 0.150 e. The fraction of sp³-hybridized carbons (Fsp3) is 0.571.